The quantitative estimate of drug-likeness (QED) is 0.378. The summed E-state index contributed by atoms with van der Waals surface area (Å²) in [6.45, 7) is 6.17. The summed E-state index contributed by atoms with van der Waals surface area (Å²) in [7, 11) is 0. The van der Waals surface area contributed by atoms with E-state index in [1.807, 2.05) is 17.0 Å². The number of piperazine rings is 1. The zero-order chi connectivity index (χ0) is 26.2. The molecule has 9 nitrogen and oxygen atoms in total. The first kappa shape index (κ1) is 23.8. The summed E-state index contributed by atoms with van der Waals surface area (Å²) in [5, 5.41) is 8.81. The number of pyridine rings is 2. The molecule has 1 amide bonds. The van der Waals surface area contributed by atoms with Crippen molar-refractivity contribution in [1.82, 2.24) is 29.5 Å². The summed E-state index contributed by atoms with van der Waals surface area (Å²) in [5.41, 5.74) is 3.53. The molecule has 10 heteroatoms. The summed E-state index contributed by atoms with van der Waals surface area (Å²) in [6, 6.07) is 12.4. The number of hydrogen-bond donors (Lipinski definition) is 1. The molecule has 1 fully saturated rings. The zero-order valence-electron chi connectivity index (χ0n) is 21.2. The van der Waals surface area contributed by atoms with Gasteiger partial charge in [0.25, 0.3) is 5.91 Å². The van der Waals surface area contributed by atoms with Crippen molar-refractivity contribution in [2.24, 2.45) is 0 Å². The molecule has 0 radical (unpaired) electrons. The molecule has 0 bridgehead atoms. The van der Waals surface area contributed by atoms with Gasteiger partial charge in [-0.1, -0.05) is 0 Å². The minimum absolute atomic E-state index is 0.00683. The first-order chi connectivity index (χ1) is 18.5. The van der Waals surface area contributed by atoms with E-state index < -0.39 is 0 Å². The van der Waals surface area contributed by atoms with Crippen LogP contribution in [0.15, 0.2) is 67.3 Å². The standard InChI is InChI=1S/C28H27FN8O/c1-18-23(29)4-3-21-17-22(19(2)33-25-7-11-31-24-8-12-32-37(24)25)27(34-26(18)21)35-13-15-36(16-14-35)28(38)20-5-9-30-10-6-20/h3-12,17,19,33H,13-16H2,1-2H3. The Morgan fingerprint density at radius 2 is 1.79 bits per heavy atom. The minimum atomic E-state index is -0.277. The number of hydrogen-bond acceptors (Lipinski definition) is 7. The van der Waals surface area contributed by atoms with Crippen molar-refractivity contribution in [1.29, 1.82) is 0 Å². The average molecular weight is 511 g/mol. The summed E-state index contributed by atoms with van der Waals surface area (Å²) < 4.78 is 16.2. The number of benzene rings is 1. The van der Waals surface area contributed by atoms with E-state index in [0.29, 0.717) is 42.8 Å². The smallest absolute Gasteiger partial charge is 0.254 e. The van der Waals surface area contributed by atoms with E-state index in [1.165, 1.54) is 6.07 Å². The van der Waals surface area contributed by atoms with Gasteiger partial charge in [0.2, 0.25) is 0 Å². The molecule has 1 unspecified atom stereocenters. The Kier molecular flexibility index (Phi) is 6.07. The molecule has 1 aromatic carbocycles. The average Bonchev–Trinajstić information content (AvgIpc) is 3.45. The highest BCUT2D eigenvalue weighted by atomic mass is 19.1. The molecular formula is C28H27FN8O. The molecule has 4 aromatic heterocycles. The van der Waals surface area contributed by atoms with E-state index >= 15 is 0 Å². The maximum atomic E-state index is 14.5. The first-order valence-electron chi connectivity index (χ1n) is 12.6. The van der Waals surface area contributed by atoms with Gasteiger partial charge in [0.05, 0.1) is 17.8 Å². The van der Waals surface area contributed by atoms with E-state index in [-0.39, 0.29) is 17.8 Å². The third kappa shape index (κ3) is 4.27. The van der Waals surface area contributed by atoms with Crippen molar-refractivity contribution in [3.63, 3.8) is 0 Å². The molecule has 6 rings (SSSR count). The van der Waals surface area contributed by atoms with Crippen LogP contribution in [-0.2, 0) is 0 Å². The number of nitrogens with one attached hydrogen (secondary N) is 1. The maximum absolute atomic E-state index is 14.5. The number of amides is 1. The second-order valence-corrected chi connectivity index (χ2v) is 9.46. The Balaban J connectivity index is 1.33. The fourth-order valence-corrected chi connectivity index (χ4v) is 4.98. The van der Waals surface area contributed by atoms with Gasteiger partial charge in [-0.3, -0.25) is 9.78 Å². The largest absolute Gasteiger partial charge is 0.363 e. The van der Waals surface area contributed by atoms with Crippen molar-refractivity contribution >= 4 is 34.1 Å². The fraction of sp³-hybridized carbons (Fsp3) is 0.250. The maximum Gasteiger partial charge on any atom is 0.254 e. The van der Waals surface area contributed by atoms with Crippen LogP contribution >= 0.6 is 0 Å². The van der Waals surface area contributed by atoms with E-state index in [1.54, 1.807) is 54.4 Å². The van der Waals surface area contributed by atoms with Crippen LogP contribution in [0.5, 0.6) is 0 Å². The molecule has 5 aromatic rings. The lowest BCUT2D eigenvalue weighted by atomic mass is 10.0. The van der Waals surface area contributed by atoms with Crippen LogP contribution in [0, 0.1) is 12.7 Å². The minimum Gasteiger partial charge on any atom is -0.363 e. The Morgan fingerprint density at radius 1 is 1.00 bits per heavy atom. The molecule has 0 spiro atoms. The SMILES string of the molecule is Cc1c(F)ccc2cc(C(C)Nc3ccnc4ccnn34)c(N3CCN(C(=O)c4ccncc4)CC3)nc12. The molecule has 38 heavy (non-hydrogen) atoms. The Bertz CT molecular complexity index is 1630. The Morgan fingerprint density at radius 3 is 2.58 bits per heavy atom. The monoisotopic (exact) mass is 510 g/mol. The second-order valence-electron chi connectivity index (χ2n) is 9.46. The lowest BCUT2D eigenvalue weighted by molar-refractivity contribution is 0.0746. The van der Waals surface area contributed by atoms with Gasteiger partial charge in [0.1, 0.15) is 17.5 Å². The Hall–Kier alpha value is -4.60. The van der Waals surface area contributed by atoms with Gasteiger partial charge in [-0.05, 0) is 50.2 Å². The van der Waals surface area contributed by atoms with Crippen LogP contribution in [-0.4, -0.2) is 61.6 Å². The molecule has 1 aliphatic heterocycles. The van der Waals surface area contributed by atoms with Gasteiger partial charge >= 0.3 is 0 Å². The predicted octanol–water partition coefficient (Wildman–Crippen LogP) is 4.26. The number of anilines is 2. The Labute approximate surface area is 219 Å². The number of aromatic nitrogens is 5. The van der Waals surface area contributed by atoms with Crippen LogP contribution in [0.2, 0.25) is 0 Å². The van der Waals surface area contributed by atoms with Gasteiger partial charge in [-0.15, -0.1) is 0 Å². The van der Waals surface area contributed by atoms with Crippen molar-refractivity contribution in [3.8, 4) is 0 Å². The highest BCUT2D eigenvalue weighted by Gasteiger charge is 2.26. The summed E-state index contributed by atoms with van der Waals surface area (Å²) in [4.78, 5) is 30.3. The third-order valence-corrected chi connectivity index (χ3v) is 7.10. The zero-order valence-corrected chi connectivity index (χ0v) is 21.2. The summed E-state index contributed by atoms with van der Waals surface area (Å²) in [5.74, 6) is 1.31. The molecule has 5 heterocycles. The van der Waals surface area contributed by atoms with E-state index in [4.69, 9.17) is 4.98 Å². The number of halogens is 1. The summed E-state index contributed by atoms with van der Waals surface area (Å²) in [6.07, 6.45) is 6.72. The van der Waals surface area contributed by atoms with Crippen molar-refractivity contribution < 1.29 is 9.18 Å². The number of fused-ring (bicyclic) bond motifs is 2. The number of rotatable bonds is 5. The lowest BCUT2D eigenvalue weighted by Gasteiger charge is -2.37. The van der Waals surface area contributed by atoms with Crippen LogP contribution in [0.25, 0.3) is 16.6 Å². The van der Waals surface area contributed by atoms with E-state index in [0.717, 1.165) is 28.2 Å². The van der Waals surface area contributed by atoms with E-state index in [9.17, 15) is 9.18 Å². The first-order valence-corrected chi connectivity index (χ1v) is 12.6. The number of carbonyl (C=O) groups excluding carboxylic acids is 1. The van der Waals surface area contributed by atoms with Crippen LogP contribution in [0.1, 0.15) is 34.5 Å². The topological polar surface area (TPSA) is 91.6 Å². The van der Waals surface area contributed by atoms with Crippen molar-refractivity contribution in [2.45, 2.75) is 19.9 Å². The van der Waals surface area contributed by atoms with E-state index in [2.05, 4.69) is 38.3 Å². The van der Waals surface area contributed by atoms with Gasteiger partial charge in [0.15, 0.2) is 5.65 Å². The summed E-state index contributed by atoms with van der Waals surface area (Å²) >= 11 is 0. The molecule has 1 N–H and O–H groups in total. The number of aryl methyl sites for hydroxylation is 1. The highest BCUT2D eigenvalue weighted by molar-refractivity contribution is 5.94. The van der Waals surface area contributed by atoms with Gasteiger partial charge < -0.3 is 15.1 Å². The van der Waals surface area contributed by atoms with Gasteiger partial charge in [-0.2, -0.15) is 9.61 Å². The van der Waals surface area contributed by atoms with Crippen LogP contribution in [0.4, 0.5) is 16.0 Å². The molecule has 1 saturated heterocycles. The fourth-order valence-electron chi connectivity index (χ4n) is 4.98. The molecule has 192 valence electrons. The molecular weight excluding hydrogens is 483 g/mol. The van der Waals surface area contributed by atoms with Crippen molar-refractivity contribution in [3.05, 3.63) is 89.8 Å². The molecule has 1 aliphatic rings. The molecule has 1 atom stereocenters. The molecule has 0 saturated carbocycles. The van der Waals surface area contributed by atoms with Gasteiger partial charge in [0, 0.05) is 72.9 Å². The van der Waals surface area contributed by atoms with Crippen LogP contribution < -0.4 is 10.2 Å². The molecule has 0 aliphatic carbocycles. The van der Waals surface area contributed by atoms with Crippen LogP contribution in [0.3, 0.4) is 0 Å². The third-order valence-electron chi connectivity index (χ3n) is 7.10. The number of carbonyl (C=O) groups is 1. The predicted molar refractivity (Wildman–Crippen MR) is 144 cm³/mol. The van der Waals surface area contributed by atoms with Crippen molar-refractivity contribution in [2.75, 3.05) is 36.4 Å². The van der Waals surface area contributed by atoms with Gasteiger partial charge in [-0.25, -0.2) is 14.4 Å². The highest BCUT2D eigenvalue weighted by Crippen LogP contribution is 2.33. The number of nitrogens with zero attached hydrogens (tertiary/aromatic N) is 7. The lowest BCUT2D eigenvalue weighted by Crippen LogP contribution is -2.49. The second kappa shape index (κ2) is 9.70. The normalized spacial score (nSPS) is 14.7.